The third-order valence-corrected chi connectivity index (χ3v) is 5.55. The highest BCUT2D eigenvalue weighted by Crippen LogP contribution is 2.50. The fraction of sp³-hybridized carbons (Fsp3) is 0.500. The average molecular weight is 355 g/mol. The van der Waals surface area contributed by atoms with Crippen LogP contribution in [-0.2, 0) is 23.3 Å². The third-order valence-electron chi connectivity index (χ3n) is 5.55. The van der Waals surface area contributed by atoms with Crippen LogP contribution in [0.1, 0.15) is 49.2 Å². The molecule has 1 aliphatic heterocycles. The molecule has 1 N–H and O–H groups in total. The van der Waals surface area contributed by atoms with E-state index in [0.717, 1.165) is 49.4 Å². The fourth-order valence-corrected chi connectivity index (χ4v) is 3.83. The molecule has 26 heavy (non-hydrogen) atoms. The van der Waals surface area contributed by atoms with E-state index in [0.29, 0.717) is 12.2 Å². The number of fused-ring (bicyclic) bond motifs is 1. The van der Waals surface area contributed by atoms with Crippen molar-refractivity contribution in [1.82, 2.24) is 14.7 Å². The molecular formula is C20H25N3O3. The SMILES string of the molecule is COc1ccc(C2(C(=O)N3CCCn4nc([C@@H](C)O)cc4C3)CC2)cc1. The molecule has 1 amide bonds. The zero-order chi connectivity index (χ0) is 18.3. The molecule has 1 fully saturated rings. The quantitative estimate of drug-likeness (QED) is 0.915. The van der Waals surface area contributed by atoms with Gasteiger partial charge in [-0.1, -0.05) is 12.1 Å². The Hall–Kier alpha value is -2.34. The highest BCUT2D eigenvalue weighted by atomic mass is 16.5. The topological polar surface area (TPSA) is 67.6 Å². The number of nitrogens with zero attached hydrogens (tertiary/aromatic N) is 3. The lowest BCUT2D eigenvalue weighted by atomic mass is 9.94. The maximum Gasteiger partial charge on any atom is 0.233 e. The van der Waals surface area contributed by atoms with Crippen molar-refractivity contribution in [3.8, 4) is 5.75 Å². The van der Waals surface area contributed by atoms with Crippen molar-refractivity contribution in [2.24, 2.45) is 0 Å². The van der Waals surface area contributed by atoms with Crippen LogP contribution in [-0.4, -0.2) is 39.3 Å². The molecule has 0 saturated heterocycles. The predicted molar refractivity (Wildman–Crippen MR) is 96.8 cm³/mol. The first kappa shape index (κ1) is 17.1. The van der Waals surface area contributed by atoms with E-state index < -0.39 is 6.10 Å². The highest BCUT2D eigenvalue weighted by molar-refractivity contribution is 5.91. The molecule has 1 aromatic heterocycles. The summed E-state index contributed by atoms with van der Waals surface area (Å²) in [5.74, 6) is 1.01. The van der Waals surface area contributed by atoms with Crippen LogP contribution in [0, 0.1) is 0 Å². The van der Waals surface area contributed by atoms with Gasteiger partial charge in [-0.15, -0.1) is 0 Å². The molecule has 1 aromatic carbocycles. The van der Waals surface area contributed by atoms with Gasteiger partial charge in [0.1, 0.15) is 5.75 Å². The first-order chi connectivity index (χ1) is 12.5. The molecule has 6 nitrogen and oxygen atoms in total. The Morgan fingerprint density at radius 3 is 2.62 bits per heavy atom. The molecule has 2 aromatic rings. The summed E-state index contributed by atoms with van der Waals surface area (Å²) in [6.07, 6.45) is 2.07. The maximum absolute atomic E-state index is 13.4. The molecule has 0 unspecified atom stereocenters. The minimum Gasteiger partial charge on any atom is -0.497 e. The van der Waals surface area contributed by atoms with Gasteiger partial charge in [-0.25, -0.2) is 0 Å². The number of ether oxygens (including phenoxy) is 1. The largest absolute Gasteiger partial charge is 0.497 e. The number of benzene rings is 1. The van der Waals surface area contributed by atoms with Crippen molar-refractivity contribution >= 4 is 5.91 Å². The zero-order valence-electron chi connectivity index (χ0n) is 15.3. The summed E-state index contributed by atoms with van der Waals surface area (Å²) in [6.45, 7) is 3.79. The Morgan fingerprint density at radius 1 is 1.27 bits per heavy atom. The lowest BCUT2D eigenvalue weighted by molar-refractivity contribution is -0.134. The highest BCUT2D eigenvalue weighted by Gasteiger charge is 2.53. The normalized spacial score (nSPS) is 19.4. The minimum absolute atomic E-state index is 0.205. The Labute approximate surface area is 153 Å². The number of carbonyl (C=O) groups excluding carboxylic acids is 1. The standard InChI is InChI=1S/C20H25N3O3/c1-14(24)18-12-16-13-22(10-3-11-23(16)21-18)19(25)20(8-9-20)15-4-6-17(26-2)7-5-15/h4-7,12,14,24H,3,8-11,13H2,1-2H3/t14-/m1/s1. The fourth-order valence-electron chi connectivity index (χ4n) is 3.83. The molecule has 1 saturated carbocycles. The van der Waals surface area contributed by atoms with Crippen LogP contribution in [0.5, 0.6) is 5.75 Å². The number of hydrogen-bond donors (Lipinski definition) is 1. The number of rotatable bonds is 4. The maximum atomic E-state index is 13.4. The number of carbonyl (C=O) groups is 1. The Kier molecular flexibility index (Phi) is 4.23. The van der Waals surface area contributed by atoms with E-state index in [-0.39, 0.29) is 11.3 Å². The second-order valence-corrected chi connectivity index (χ2v) is 7.35. The van der Waals surface area contributed by atoms with E-state index in [1.54, 1.807) is 14.0 Å². The van der Waals surface area contributed by atoms with E-state index in [4.69, 9.17) is 4.74 Å². The van der Waals surface area contributed by atoms with E-state index in [1.165, 1.54) is 0 Å². The van der Waals surface area contributed by atoms with Crippen LogP contribution in [0.25, 0.3) is 0 Å². The van der Waals surface area contributed by atoms with Crippen LogP contribution < -0.4 is 4.74 Å². The van der Waals surface area contributed by atoms with Crippen LogP contribution >= 0.6 is 0 Å². The van der Waals surface area contributed by atoms with Gasteiger partial charge in [0, 0.05) is 13.1 Å². The first-order valence-corrected chi connectivity index (χ1v) is 9.22. The second kappa shape index (κ2) is 6.43. The van der Waals surface area contributed by atoms with Gasteiger partial charge in [0.05, 0.1) is 36.6 Å². The summed E-state index contributed by atoms with van der Waals surface area (Å²) in [6, 6.07) is 9.79. The van der Waals surface area contributed by atoms with Crippen molar-refractivity contribution in [3.63, 3.8) is 0 Å². The zero-order valence-corrected chi connectivity index (χ0v) is 15.3. The van der Waals surface area contributed by atoms with E-state index in [9.17, 15) is 9.90 Å². The number of aliphatic hydroxyl groups excluding tert-OH is 1. The number of aliphatic hydroxyl groups is 1. The van der Waals surface area contributed by atoms with Crippen LogP contribution in [0.2, 0.25) is 0 Å². The van der Waals surface area contributed by atoms with Crippen molar-refractivity contribution in [1.29, 1.82) is 0 Å². The van der Waals surface area contributed by atoms with Crippen LogP contribution in [0.3, 0.4) is 0 Å². The van der Waals surface area contributed by atoms with Gasteiger partial charge < -0.3 is 14.7 Å². The molecule has 0 bridgehead atoms. The molecule has 4 rings (SSSR count). The van der Waals surface area contributed by atoms with Crippen molar-refractivity contribution in [3.05, 3.63) is 47.3 Å². The number of hydrogen-bond acceptors (Lipinski definition) is 4. The molecule has 6 heteroatoms. The van der Waals surface area contributed by atoms with Gasteiger partial charge in [0.2, 0.25) is 5.91 Å². The predicted octanol–water partition coefficient (Wildman–Crippen LogP) is 2.41. The molecular weight excluding hydrogens is 330 g/mol. The van der Waals surface area contributed by atoms with Crippen molar-refractivity contribution < 1.29 is 14.6 Å². The van der Waals surface area contributed by atoms with E-state index >= 15 is 0 Å². The van der Waals surface area contributed by atoms with E-state index in [1.807, 2.05) is 39.9 Å². The molecule has 2 heterocycles. The van der Waals surface area contributed by atoms with Gasteiger partial charge in [-0.05, 0) is 49.9 Å². The molecule has 0 radical (unpaired) electrons. The summed E-state index contributed by atoms with van der Waals surface area (Å²) in [5, 5.41) is 14.3. The van der Waals surface area contributed by atoms with E-state index in [2.05, 4.69) is 5.10 Å². The van der Waals surface area contributed by atoms with Gasteiger partial charge in [0.25, 0.3) is 0 Å². The van der Waals surface area contributed by atoms with Crippen molar-refractivity contribution in [2.75, 3.05) is 13.7 Å². The minimum atomic E-state index is -0.590. The third kappa shape index (κ3) is 2.88. The molecule has 2 aliphatic rings. The summed E-state index contributed by atoms with van der Waals surface area (Å²) in [4.78, 5) is 15.3. The molecule has 1 aliphatic carbocycles. The molecule has 138 valence electrons. The number of aromatic nitrogens is 2. The summed E-state index contributed by atoms with van der Waals surface area (Å²) in [7, 11) is 1.65. The lowest BCUT2D eigenvalue weighted by Crippen LogP contribution is -2.39. The molecule has 0 spiro atoms. The average Bonchev–Trinajstić information content (AvgIpc) is 3.40. The van der Waals surface area contributed by atoms with Gasteiger partial charge in [-0.2, -0.15) is 5.10 Å². The monoisotopic (exact) mass is 355 g/mol. The summed E-state index contributed by atoms with van der Waals surface area (Å²) < 4.78 is 7.16. The van der Waals surface area contributed by atoms with Crippen LogP contribution in [0.15, 0.2) is 30.3 Å². The summed E-state index contributed by atoms with van der Waals surface area (Å²) >= 11 is 0. The number of amides is 1. The number of methoxy groups -OCH3 is 1. The molecule has 1 atom stereocenters. The Balaban J connectivity index is 1.57. The van der Waals surface area contributed by atoms with Crippen LogP contribution in [0.4, 0.5) is 0 Å². The van der Waals surface area contributed by atoms with Gasteiger partial charge in [-0.3, -0.25) is 9.48 Å². The van der Waals surface area contributed by atoms with Gasteiger partial charge in [0.15, 0.2) is 0 Å². The Bertz CT molecular complexity index is 806. The smallest absolute Gasteiger partial charge is 0.233 e. The lowest BCUT2D eigenvalue weighted by Gasteiger charge is -2.26. The van der Waals surface area contributed by atoms with Crippen molar-refractivity contribution in [2.45, 2.75) is 50.8 Å². The van der Waals surface area contributed by atoms with Gasteiger partial charge >= 0.3 is 0 Å². The Morgan fingerprint density at radius 2 is 2.00 bits per heavy atom. The second-order valence-electron chi connectivity index (χ2n) is 7.35. The number of aryl methyl sites for hydroxylation is 1. The summed E-state index contributed by atoms with van der Waals surface area (Å²) in [5.41, 5.74) is 2.36. The first-order valence-electron chi connectivity index (χ1n) is 9.22.